The van der Waals surface area contributed by atoms with Crippen molar-refractivity contribution >= 4 is 29.9 Å². The highest BCUT2D eigenvalue weighted by Gasteiger charge is 2.33. The SMILES string of the molecule is CCNC(=NCC1(CCOC)CCCC1)NCC1CCCN(C)C1.I. The fourth-order valence-corrected chi connectivity index (χ4v) is 4.20. The van der Waals surface area contributed by atoms with Crippen LogP contribution in [-0.4, -0.2) is 64.3 Å². The lowest BCUT2D eigenvalue weighted by Crippen LogP contribution is -2.44. The van der Waals surface area contributed by atoms with Gasteiger partial charge in [-0.2, -0.15) is 0 Å². The molecule has 0 aromatic carbocycles. The first-order valence-electron chi connectivity index (χ1n) is 9.87. The molecule has 0 aromatic heterocycles. The normalized spacial score (nSPS) is 24.0. The van der Waals surface area contributed by atoms with Gasteiger partial charge >= 0.3 is 0 Å². The summed E-state index contributed by atoms with van der Waals surface area (Å²) in [6.07, 6.45) is 9.07. The van der Waals surface area contributed by atoms with Gasteiger partial charge in [-0.1, -0.05) is 12.8 Å². The lowest BCUT2D eigenvalue weighted by Gasteiger charge is -2.30. The van der Waals surface area contributed by atoms with E-state index in [9.17, 15) is 0 Å². The average Bonchev–Trinajstić information content (AvgIpc) is 3.05. The van der Waals surface area contributed by atoms with E-state index in [0.717, 1.165) is 44.5 Å². The first-order chi connectivity index (χ1) is 11.7. The van der Waals surface area contributed by atoms with Gasteiger partial charge in [0.15, 0.2) is 5.96 Å². The molecule has 0 aromatic rings. The largest absolute Gasteiger partial charge is 0.385 e. The van der Waals surface area contributed by atoms with E-state index in [1.54, 1.807) is 7.11 Å². The van der Waals surface area contributed by atoms with Crippen molar-refractivity contribution in [2.75, 3.05) is 53.5 Å². The number of ether oxygens (including phenoxy) is 1. The third-order valence-electron chi connectivity index (χ3n) is 5.70. The number of nitrogens with zero attached hydrogens (tertiary/aromatic N) is 2. The number of rotatable bonds is 8. The quantitative estimate of drug-likeness (QED) is 0.328. The second-order valence-corrected chi connectivity index (χ2v) is 7.80. The molecular formula is C19H39IN4O. The van der Waals surface area contributed by atoms with Crippen molar-refractivity contribution in [3.8, 4) is 0 Å². The number of piperidine rings is 1. The van der Waals surface area contributed by atoms with Crippen LogP contribution in [0, 0.1) is 11.3 Å². The number of halogens is 1. The first-order valence-corrected chi connectivity index (χ1v) is 9.87. The van der Waals surface area contributed by atoms with Gasteiger partial charge in [-0.05, 0) is 64.0 Å². The van der Waals surface area contributed by atoms with Crippen LogP contribution in [0.4, 0.5) is 0 Å². The van der Waals surface area contributed by atoms with Crippen molar-refractivity contribution in [1.82, 2.24) is 15.5 Å². The Kier molecular flexibility index (Phi) is 11.3. The van der Waals surface area contributed by atoms with Gasteiger partial charge in [-0.3, -0.25) is 4.99 Å². The molecule has 25 heavy (non-hydrogen) atoms. The second-order valence-electron chi connectivity index (χ2n) is 7.80. The number of likely N-dealkylation sites (tertiary alicyclic amines) is 1. The van der Waals surface area contributed by atoms with Crippen LogP contribution >= 0.6 is 24.0 Å². The van der Waals surface area contributed by atoms with Crippen molar-refractivity contribution in [2.45, 2.75) is 51.9 Å². The van der Waals surface area contributed by atoms with Crippen molar-refractivity contribution in [1.29, 1.82) is 0 Å². The molecule has 1 atom stereocenters. The Morgan fingerprint density at radius 2 is 2.00 bits per heavy atom. The Morgan fingerprint density at radius 1 is 1.24 bits per heavy atom. The summed E-state index contributed by atoms with van der Waals surface area (Å²) < 4.78 is 5.34. The van der Waals surface area contributed by atoms with Crippen LogP contribution < -0.4 is 10.6 Å². The fraction of sp³-hybridized carbons (Fsp3) is 0.947. The van der Waals surface area contributed by atoms with Crippen LogP contribution in [0.3, 0.4) is 0 Å². The Labute approximate surface area is 171 Å². The molecule has 6 heteroatoms. The molecule has 5 nitrogen and oxygen atoms in total. The molecule has 0 bridgehead atoms. The van der Waals surface area contributed by atoms with E-state index >= 15 is 0 Å². The molecule has 1 aliphatic carbocycles. The van der Waals surface area contributed by atoms with Crippen LogP contribution in [0.5, 0.6) is 0 Å². The summed E-state index contributed by atoms with van der Waals surface area (Å²) in [6.45, 7) is 8.31. The van der Waals surface area contributed by atoms with E-state index < -0.39 is 0 Å². The van der Waals surface area contributed by atoms with E-state index in [1.807, 2.05) is 0 Å². The molecule has 2 aliphatic rings. The third kappa shape index (κ3) is 7.99. The zero-order chi connectivity index (χ0) is 17.3. The molecule has 1 saturated heterocycles. The Bertz CT molecular complexity index is 386. The number of methoxy groups -OCH3 is 1. The van der Waals surface area contributed by atoms with Gasteiger partial charge < -0.3 is 20.3 Å². The van der Waals surface area contributed by atoms with Crippen molar-refractivity contribution in [2.24, 2.45) is 16.3 Å². The van der Waals surface area contributed by atoms with Gasteiger partial charge in [-0.25, -0.2) is 0 Å². The zero-order valence-electron chi connectivity index (χ0n) is 16.5. The minimum absolute atomic E-state index is 0. The topological polar surface area (TPSA) is 48.9 Å². The maximum Gasteiger partial charge on any atom is 0.191 e. The monoisotopic (exact) mass is 466 g/mol. The van der Waals surface area contributed by atoms with Gasteiger partial charge in [0.25, 0.3) is 0 Å². The highest BCUT2D eigenvalue weighted by molar-refractivity contribution is 14.0. The lowest BCUT2D eigenvalue weighted by atomic mass is 9.83. The number of aliphatic imine (C=N–C) groups is 1. The van der Waals surface area contributed by atoms with Crippen LogP contribution in [-0.2, 0) is 4.74 Å². The standard InChI is InChI=1S/C19H38N4O.HI/c1-4-20-18(21-14-17-8-7-12-23(2)15-17)22-16-19(11-13-24-3)9-5-6-10-19;/h17H,4-16H2,1-3H3,(H2,20,21,22);1H. The summed E-state index contributed by atoms with van der Waals surface area (Å²) >= 11 is 0. The van der Waals surface area contributed by atoms with E-state index in [0.29, 0.717) is 5.41 Å². The summed E-state index contributed by atoms with van der Waals surface area (Å²) in [5.41, 5.74) is 0.365. The predicted molar refractivity (Wildman–Crippen MR) is 117 cm³/mol. The molecule has 1 saturated carbocycles. The molecular weight excluding hydrogens is 427 g/mol. The van der Waals surface area contributed by atoms with Gasteiger partial charge in [-0.15, -0.1) is 24.0 Å². The summed E-state index contributed by atoms with van der Waals surface area (Å²) in [4.78, 5) is 7.39. The minimum Gasteiger partial charge on any atom is -0.385 e. The van der Waals surface area contributed by atoms with Crippen LogP contribution in [0.25, 0.3) is 0 Å². The van der Waals surface area contributed by atoms with Crippen molar-refractivity contribution < 1.29 is 4.74 Å². The summed E-state index contributed by atoms with van der Waals surface area (Å²) in [5, 5.41) is 7.01. The fourth-order valence-electron chi connectivity index (χ4n) is 4.20. The van der Waals surface area contributed by atoms with Crippen molar-refractivity contribution in [3.63, 3.8) is 0 Å². The third-order valence-corrected chi connectivity index (χ3v) is 5.70. The number of nitrogens with one attached hydrogen (secondary N) is 2. The smallest absolute Gasteiger partial charge is 0.191 e. The Hall–Kier alpha value is -0.0800. The average molecular weight is 466 g/mol. The lowest BCUT2D eigenvalue weighted by molar-refractivity contribution is 0.141. The van der Waals surface area contributed by atoms with Crippen molar-refractivity contribution in [3.05, 3.63) is 0 Å². The van der Waals surface area contributed by atoms with Crippen LogP contribution in [0.15, 0.2) is 4.99 Å². The maximum absolute atomic E-state index is 5.34. The highest BCUT2D eigenvalue weighted by Crippen LogP contribution is 2.41. The number of hydrogen-bond acceptors (Lipinski definition) is 3. The van der Waals surface area contributed by atoms with E-state index in [4.69, 9.17) is 9.73 Å². The molecule has 2 fully saturated rings. The minimum atomic E-state index is 0. The Balaban J connectivity index is 0.00000312. The zero-order valence-corrected chi connectivity index (χ0v) is 18.8. The van der Waals surface area contributed by atoms with Crippen LogP contribution in [0.2, 0.25) is 0 Å². The highest BCUT2D eigenvalue weighted by atomic mass is 127. The molecule has 0 spiro atoms. The summed E-state index contributed by atoms with van der Waals surface area (Å²) in [7, 11) is 4.03. The van der Waals surface area contributed by atoms with Crippen LogP contribution in [0.1, 0.15) is 51.9 Å². The molecule has 1 unspecified atom stereocenters. The molecule has 2 N–H and O–H groups in total. The van der Waals surface area contributed by atoms with Gasteiger partial charge in [0.2, 0.25) is 0 Å². The van der Waals surface area contributed by atoms with Gasteiger partial charge in [0, 0.05) is 39.9 Å². The molecule has 0 radical (unpaired) electrons. The number of hydrogen-bond donors (Lipinski definition) is 2. The summed E-state index contributed by atoms with van der Waals surface area (Å²) in [6, 6.07) is 0. The first kappa shape index (κ1) is 23.0. The molecule has 0 amide bonds. The second kappa shape index (κ2) is 12.3. The molecule has 1 aliphatic heterocycles. The molecule has 148 valence electrons. The van der Waals surface area contributed by atoms with E-state index in [2.05, 4.69) is 29.5 Å². The van der Waals surface area contributed by atoms with E-state index in [-0.39, 0.29) is 24.0 Å². The van der Waals surface area contributed by atoms with E-state index in [1.165, 1.54) is 51.6 Å². The van der Waals surface area contributed by atoms with Gasteiger partial charge in [0.1, 0.15) is 0 Å². The predicted octanol–water partition coefficient (Wildman–Crippen LogP) is 3.10. The molecule has 2 rings (SSSR count). The molecule has 1 heterocycles. The maximum atomic E-state index is 5.34. The number of guanidine groups is 1. The van der Waals surface area contributed by atoms with Gasteiger partial charge in [0.05, 0.1) is 0 Å². The summed E-state index contributed by atoms with van der Waals surface area (Å²) in [5.74, 6) is 1.73. The Morgan fingerprint density at radius 3 is 2.64 bits per heavy atom.